The summed E-state index contributed by atoms with van der Waals surface area (Å²) in [6.45, 7) is 0.611. The first-order valence-corrected chi connectivity index (χ1v) is 7.60. The molecular weight excluding hydrogens is 258 g/mol. The number of thiophene rings is 1. The predicted octanol–water partition coefficient (Wildman–Crippen LogP) is 3.46. The third-order valence-corrected chi connectivity index (χ3v) is 4.15. The van der Waals surface area contributed by atoms with Gasteiger partial charge >= 0.3 is 0 Å². The number of rotatable bonds is 6. The van der Waals surface area contributed by atoms with Crippen LogP contribution in [-0.4, -0.2) is 16.8 Å². The molecule has 0 aliphatic heterocycles. The van der Waals surface area contributed by atoms with E-state index in [9.17, 15) is 4.79 Å². The van der Waals surface area contributed by atoms with Crippen LogP contribution in [0.2, 0.25) is 0 Å². The minimum Gasteiger partial charge on any atom is -0.467 e. The molecule has 1 fully saturated rings. The average molecular weight is 275 g/mol. The summed E-state index contributed by atoms with van der Waals surface area (Å²) in [7, 11) is 0. The Morgan fingerprint density at radius 1 is 1.42 bits per heavy atom. The summed E-state index contributed by atoms with van der Waals surface area (Å²) < 4.78 is 5.35. The van der Waals surface area contributed by atoms with Crippen LogP contribution >= 0.6 is 11.3 Å². The quantitative estimate of drug-likeness (QED) is 0.809. The van der Waals surface area contributed by atoms with Gasteiger partial charge in [-0.15, -0.1) is 0 Å². The lowest BCUT2D eigenvalue weighted by Gasteiger charge is -2.21. The number of hydrogen-bond donors (Lipinski definition) is 0. The van der Waals surface area contributed by atoms with Crippen molar-refractivity contribution in [2.75, 3.05) is 0 Å². The number of aryl methyl sites for hydroxylation is 1. The van der Waals surface area contributed by atoms with Crippen LogP contribution in [-0.2, 0) is 17.8 Å². The van der Waals surface area contributed by atoms with Crippen molar-refractivity contribution >= 4 is 17.2 Å². The molecule has 1 aliphatic rings. The molecule has 2 heterocycles. The second-order valence-electron chi connectivity index (χ2n) is 4.96. The van der Waals surface area contributed by atoms with Gasteiger partial charge in [-0.05, 0) is 53.8 Å². The van der Waals surface area contributed by atoms with Crippen molar-refractivity contribution in [2.24, 2.45) is 0 Å². The fourth-order valence-corrected chi connectivity index (χ4v) is 2.91. The van der Waals surface area contributed by atoms with E-state index in [2.05, 4.69) is 16.8 Å². The van der Waals surface area contributed by atoms with E-state index in [4.69, 9.17) is 4.42 Å². The standard InChI is InChI=1S/C15H17NO2S/c17-15(6-3-12-7-9-19-11-12)16(13-4-5-13)10-14-2-1-8-18-14/h1-2,7-9,11,13H,3-6,10H2. The summed E-state index contributed by atoms with van der Waals surface area (Å²) in [6.07, 6.45) is 5.35. The van der Waals surface area contributed by atoms with Crippen molar-refractivity contribution in [1.29, 1.82) is 0 Å². The second kappa shape index (κ2) is 5.61. The van der Waals surface area contributed by atoms with E-state index in [-0.39, 0.29) is 5.91 Å². The normalized spacial score (nSPS) is 14.5. The van der Waals surface area contributed by atoms with Crippen molar-refractivity contribution in [3.05, 3.63) is 46.5 Å². The van der Waals surface area contributed by atoms with Crippen LogP contribution in [0.5, 0.6) is 0 Å². The first kappa shape index (κ1) is 12.5. The summed E-state index contributed by atoms with van der Waals surface area (Å²) in [6, 6.07) is 6.32. The molecule has 0 aromatic carbocycles. The van der Waals surface area contributed by atoms with E-state index < -0.39 is 0 Å². The molecule has 0 atom stereocenters. The van der Waals surface area contributed by atoms with Gasteiger partial charge in [0, 0.05) is 12.5 Å². The maximum Gasteiger partial charge on any atom is 0.223 e. The Labute approximate surface area is 116 Å². The van der Waals surface area contributed by atoms with Crippen molar-refractivity contribution in [1.82, 2.24) is 4.90 Å². The van der Waals surface area contributed by atoms with E-state index >= 15 is 0 Å². The lowest BCUT2D eigenvalue weighted by Crippen LogP contribution is -2.32. The van der Waals surface area contributed by atoms with Gasteiger partial charge in [-0.3, -0.25) is 4.79 Å². The van der Waals surface area contributed by atoms with Gasteiger partial charge in [-0.1, -0.05) is 0 Å². The zero-order valence-corrected chi connectivity index (χ0v) is 11.6. The number of hydrogen-bond acceptors (Lipinski definition) is 3. The van der Waals surface area contributed by atoms with Crippen LogP contribution in [0.1, 0.15) is 30.6 Å². The van der Waals surface area contributed by atoms with Gasteiger partial charge in [0.05, 0.1) is 12.8 Å². The number of nitrogens with zero attached hydrogens (tertiary/aromatic N) is 1. The van der Waals surface area contributed by atoms with E-state index in [0.717, 1.165) is 25.0 Å². The van der Waals surface area contributed by atoms with Gasteiger partial charge in [0.2, 0.25) is 5.91 Å². The maximum absolute atomic E-state index is 12.3. The van der Waals surface area contributed by atoms with Gasteiger partial charge in [-0.2, -0.15) is 11.3 Å². The first-order chi connectivity index (χ1) is 9.33. The van der Waals surface area contributed by atoms with Crippen LogP contribution in [0.3, 0.4) is 0 Å². The highest BCUT2D eigenvalue weighted by molar-refractivity contribution is 7.07. The van der Waals surface area contributed by atoms with Crippen molar-refractivity contribution < 1.29 is 9.21 Å². The summed E-state index contributed by atoms with van der Waals surface area (Å²) >= 11 is 1.68. The molecule has 4 heteroatoms. The zero-order chi connectivity index (χ0) is 13.1. The molecule has 2 aromatic rings. The monoisotopic (exact) mass is 275 g/mol. The van der Waals surface area contributed by atoms with Crippen LogP contribution in [0.25, 0.3) is 0 Å². The fraction of sp³-hybridized carbons (Fsp3) is 0.400. The first-order valence-electron chi connectivity index (χ1n) is 6.66. The van der Waals surface area contributed by atoms with Gasteiger partial charge in [0.1, 0.15) is 5.76 Å². The lowest BCUT2D eigenvalue weighted by molar-refractivity contribution is -0.132. The maximum atomic E-state index is 12.3. The SMILES string of the molecule is O=C(CCc1ccsc1)N(Cc1ccco1)C1CC1. The molecule has 100 valence electrons. The van der Waals surface area contributed by atoms with Crippen LogP contribution in [0, 0.1) is 0 Å². The second-order valence-corrected chi connectivity index (χ2v) is 5.74. The van der Waals surface area contributed by atoms with E-state index in [1.165, 1.54) is 5.56 Å². The Hall–Kier alpha value is -1.55. The molecule has 1 aliphatic carbocycles. The molecule has 19 heavy (non-hydrogen) atoms. The molecule has 0 saturated heterocycles. The van der Waals surface area contributed by atoms with Crippen molar-refractivity contribution in [3.63, 3.8) is 0 Å². The highest BCUT2D eigenvalue weighted by Crippen LogP contribution is 2.29. The molecule has 2 aromatic heterocycles. The fourth-order valence-electron chi connectivity index (χ4n) is 2.21. The average Bonchev–Trinajstić information content (AvgIpc) is 2.94. The number of carbonyl (C=O) groups excluding carboxylic acids is 1. The Morgan fingerprint density at radius 2 is 2.32 bits per heavy atom. The largest absolute Gasteiger partial charge is 0.467 e. The minimum atomic E-state index is 0.241. The summed E-state index contributed by atoms with van der Waals surface area (Å²) in [5.41, 5.74) is 1.26. The molecule has 0 spiro atoms. The highest BCUT2D eigenvalue weighted by atomic mass is 32.1. The van der Waals surface area contributed by atoms with Crippen LogP contribution < -0.4 is 0 Å². The third kappa shape index (κ3) is 3.26. The van der Waals surface area contributed by atoms with Crippen LogP contribution in [0.15, 0.2) is 39.6 Å². The van der Waals surface area contributed by atoms with E-state index in [0.29, 0.717) is 19.0 Å². The van der Waals surface area contributed by atoms with Gasteiger partial charge < -0.3 is 9.32 Å². The van der Waals surface area contributed by atoms with E-state index in [1.807, 2.05) is 17.0 Å². The Kier molecular flexibility index (Phi) is 3.69. The molecule has 0 N–H and O–H groups in total. The molecule has 0 radical (unpaired) electrons. The van der Waals surface area contributed by atoms with Gasteiger partial charge in [-0.25, -0.2) is 0 Å². The summed E-state index contributed by atoms with van der Waals surface area (Å²) in [4.78, 5) is 14.3. The van der Waals surface area contributed by atoms with Gasteiger partial charge in [0.25, 0.3) is 0 Å². The highest BCUT2D eigenvalue weighted by Gasteiger charge is 2.32. The summed E-state index contributed by atoms with van der Waals surface area (Å²) in [5.74, 6) is 1.11. The molecule has 1 saturated carbocycles. The van der Waals surface area contributed by atoms with Crippen molar-refractivity contribution in [3.8, 4) is 0 Å². The van der Waals surface area contributed by atoms with Gasteiger partial charge in [0.15, 0.2) is 0 Å². The van der Waals surface area contributed by atoms with E-state index in [1.54, 1.807) is 17.6 Å². The molecular formula is C15H17NO2S. The lowest BCUT2D eigenvalue weighted by atomic mass is 10.2. The number of amides is 1. The predicted molar refractivity (Wildman–Crippen MR) is 74.9 cm³/mol. The van der Waals surface area contributed by atoms with Crippen molar-refractivity contribution in [2.45, 2.75) is 38.3 Å². The number of carbonyl (C=O) groups is 1. The Bertz CT molecular complexity index is 514. The van der Waals surface area contributed by atoms with Crippen LogP contribution in [0.4, 0.5) is 0 Å². The third-order valence-electron chi connectivity index (χ3n) is 3.42. The number of furan rings is 1. The Morgan fingerprint density at radius 3 is 2.95 bits per heavy atom. The molecule has 1 amide bonds. The molecule has 3 rings (SSSR count). The smallest absolute Gasteiger partial charge is 0.223 e. The Balaban J connectivity index is 1.58. The molecule has 0 bridgehead atoms. The zero-order valence-electron chi connectivity index (χ0n) is 10.7. The molecule has 0 unspecified atom stereocenters. The topological polar surface area (TPSA) is 33.5 Å². The minimum absolute atomic E-state index is 0.241. The summed E-state index contributed by atoms with van der Waals surface area (Å²) in [5, 5.41) is 4.17. The molecule has 3 nitrogen and oxygen atoms in total.